The molecular weight excluding hydrogens is 268 g/mol. The van der Waals surface area contributed by atoms with Gasteiger partial charge in [0.15, 0.2) is 5.58 Å². The molecule has 3 aromatic rings. The van der Waals surface area contributed by atoms with Gasteiger partial charge in [0, 0.05) is 6.54 Å². The van der Waals surface area contributed by atoms with Gasteiger partial charge in [-0.1, -0.05) is 12.1 Å². The molecule has 108 valence electrons. The quantitative estimate of drug-likeness (QED) is 0.797. The van der Waals surface area contributed by atoms with Crippen LogP contribution in [0.3, 0.4) is 0 Å². The third kappa shape index (κ3) is 2.32. The molecule has 0 bridgehead atoms. The van der Waals surface area contributed by atoms with Crippen molar-refractivity contribution < 1.29 is 13.9 Å². The van der Waals surface area contributed by atoms with Crippen LogP contribution in [-0.4, -0.2) is 19.2 Å². The maximum Gasteiger partial charge on any atom is 0.234 e. The second kappa shape index (κ2) is 5.46. The van der Waals surface area contributed by atoms with Gasteiger partial charge in [0.2, 0.25) is 5.89 Å². The van der Waals surface area contributed by atoms with Gasteiger partial charge in [-0.25, -0.2) is 4.98 Å². The lowest BCUT2D eigenvalue weighted by Crippen LogP contribution is -1.95. The molecule has 3 rings (SSSR count). The molecule has 1 aromatic heterocycles. The number of oxazole rings is 1. The molecule has 1 heterocycles. The largest absolute Gasteiger partial charge is 0.496 e. The molecule has 0 unspecified atom stereocenters. The van der Waals surface area contributed by atoms with Crippen molar-refractivity contribution in [1.82, 2.24) is 4.98 Å². The first kappa shape index (κ1) is 13.5. The highest BCUT2D eigenvalue weighted by Crippen LogP contribution is 2.38. The highest BCUT2D eigenvalue weighted by molar-refractivity contribution is 5.80. The Labute approximate surface area is 122 Å². The molecule has 0 aliphatic rings. The van der Waals surface area contributed by atoms with Crippen LogP contribution >= 0.6 is 0 Å². The first-order valence-electron chi connectivity index (χ1n) is 6.57. The zero-order chi connectivity index (χ0) is 14.8. The fourth-order valence-corrected chi connectivity index (χ4v) is 2.27. The van der Waals surface area contributed by atoms with E-state index >= 15 is 0 Å². The van der Waals surface area contributed by atoms with Crippen molar-refractivity contribution in [1.29, 1.82) is 0 Å². The summed E-state index contributed by atoms with van der Waals surface area (Å²) in [6.45, 7) is 0.468. The number of nitrogens with two attached hydrogens (primary N) is 1. The van der Waals surface area contributed by atoms with Crippen LogP contribution in [0.1, 0.15) is 5.56 Å². The number of ether oxygens (including phenoxy) is 2. The summed E-state index contributed by atoms with van der Waals surface area (Å²) in [6.07, 6.45) is 0. The van der Waals surface area contributed by atoms with E-state index in [4.69, 9.17) is 19.6 Å². The van der Waals surface area contributed by atoms with Gasteiger partial charge in [-0.3, -0.25) is 0 Å². The molecule has 0 aliphatic heterocycles. The molecule has 0 saturated heterocycles. The zero-order valence-electron chi connectivity index (χ0n) is 11.9. The normalized spacial score (nSPS) is 10.8. The van der Waals surface area contributed by atoms with Crippen LogP contribution in [0.4, 0.5) is 0 Å². The first-order valence-corrected chi connectivity index (χ1v) is 6.57. The van der Waals surface area contributed by atoms with Gasteiger partial charge in [-0.05, 0) is 29.8 Å². The van der Waals surface area contributed by atoms with Crippen LogP contribution in [0.15, 0.2) is 40.8 Å². The Kier molecular flexibility index (Phi) is 3.50. The van der Waals surface area contributed by atoms with E-state index in [-0.39, 0.29) is 0 Å². The van der Waals surface area contributed by atoms with Crippen LogP contribution in [0.25, 0.3) is 22.6 Å². The molecule has 2 aromatic carbocycles. The summed E-state index contributed by atoms with van der Waals surface area (Å²) in [6, 6.07) is 11.3. The van der Waals surface area contributed by atoms with Crippen LogP contribution in [0.5, 0.6) is 11.5 Å². The summed E-state index contributed by atoms with van der Waals surface area (Å²) in [5.74, 6) is 1.77. The van der Waals surface area contributed by atoms with Crippen molar-refractivity contribution in [2.24, 2.45) is 5.73 Å². The maximum absolute atomic E-state index is 5.83. The monoisotopic (exact) mass is 284 g/mol. The standard InChI is InChI=1S/C16H16N2O3/c1-19-13-4-3-5-14(20-2)15(13)16-18-11-8-10(9-17)6-7-12(11)21-16/h3-8H,9,17H2,1-2H3. The van der Waals surface area contributed by atoms with Crippen LogP contribution < -0.4 is 15.2 Å². The second-order valence-corrected chi connectivity index (χ2v) is 4.56. The number of methoxy groups -OCH3 is 2. The average Bonchev–Trinajstić information content (AvgIpc) is 2.96. The van der Waals surface area contributed by atoms with Gasteiger partial charge < -0.3 is 19.6 Å². The molecule has 0 amide bonds. The Morgan fingerprint density at radius 1 is 1.10 bits per heavy atom. The fraction of sp³-hybridized carbons (Fsp3) is 0.188. The summed E-state index contributed by atoms with van der Waals surface area (Å²) < 4.78 is 16.6. The van der Waals surface area contributed by atoms with E-state index in [1.54, 1.807) is 14.2 Å². The summed E-state index contributed by atoms with van der Waals surface area (Å²) >= 11 is 0. The van der Waals surface area contributed by atoms with E-state index < -0.39 is 0 Å². The van der Waals surface area contributed by atoms with E-state index in [1.165, 1.54) is 0 Å². The molecule has 2 N–H and O–H groups in total. The van der Waals surface area contributed by atoms with Gasteiger partial charge in [0.05, 0.1) is 14.2 Å². The van der Waals surface area contributed by atoms with Crippen LogP contribution in [0, 0.1) is 0 Å². The van der Waals surface area contributed by atoms with Gasteiger partial charge in [-0.2, -0.15) is 0 Å². The highest BCUT2D eigenvalue weighted by atomic mass is 16.5. The number of rotatable bonds is 4. The highest BCUT2D eigenvalue weighted by Gasteiger charge is 2.18. The number of benzene rings is 2. The van der Waals surface area contributed by atoms with Gasteiger partial charge >= 0.3 is 0 Å². The van der Waals surface area contributed by atoms with E-state index in [0.29, 0.717) is 35.1 Å². The molecule has 0 saturated carbocycles. The summed E-state index contributed by atoms with van der Waals surface area (Å²) in [7, 11) is 3.21. The summed E-state index contributed by atoms with van der Waals surface area (Å²) in [5, 5.41) is 0. The van der Waals surface area contributed by atoms with Gasteiger partial charge in [-0.15, -0.1) is 0 Å². The Bertz CT molecular complexity index is 758. The number of nitrogens with zero attached hydrogens (tertiary/aromatic N) is 1. The lowest BCUT2D eigenvalue weighted by molar-refractivity contribution is 0.394. The van der Waals surface area contributed by atoms with E-state index in [2.05, 4.69) is 4.98 Å². The van der Waals surface area contributed by atoms with Gasteiger partial charge in [0.25, 0.3) is 0 Å². The number of hydrogen-bond acceptors (Lipinski definition) is 5. The lowest BCUT2D eigenvalue weighted by Gasteiger charge is -2.09. The van der Waals surface area contributed by atoms with E-state index in [9.17, 15) is 0 Å². The number of hydrogen-bond donors (Lipinski definition) is 1. The summed E-state index contributed by atoms with van der Waals surface area (Å²) in [4.78, 5) is 4.53. The molecule has 0 aliphatic carbocycles. The van der Waals surface area contributed by atoms with Crippen LogP contribution in [0.2, 0.25) is 0 Å². The van der Waals surface area contributed by atoms with Crippen molar-refractivity contribution >= 4 is 11.1 Å². The molecule has 0 atom stereocenters. The fourth-order valence-electron chi connectivity index (χ4n) is 2.27. The van der Waals surface area contributed by atoms with Crippen molar-refractivity contribution in [2.75, 3.05) is 14.2 Å². The predicted molar refractivity (Wildman–Crippen MR) is 80.4 cm³/mol. The molecule has 0 fully saturated rings. The van der Waals surface area contributed by atoms with Crippen LogP contribution in [-0.2, 0) is 6.54 Å². The Morgan fingerprint density at radius 2 is 1.81 bits per heavy atom. The maximum atomic E-state index is 5.83. The second-order valence-electron chi connectivity index (χ2n) is 4.56. The third-order valence-corrected chi connectivity index (χ3v) is 3.33. The topological polar surface area (TPSA) is 70.5 Å². The smallest absolute Gasteiger partial charge is 0.234 e. The SMILES string of the molecule is COc1cccc(OC)c1-c1nc2cc(CN)ccc2o1. The van der Waals surface area contributed by atoms with Crippen molar-refractivity contribution in [3.63, 3.8) is 0 Å². The Morgan fingerprint density at radius 3 is 2.43 bits per heavy atom. The molecular formula is C16H16N2O3. The first-order chi connectivity index (χ1) is 10.3. The van der Waals surface area contributed by atoms with E-state index in [1.807, 2.05) is 36.4 Å². The number of aromatic nitrogens is 1. The molecule has 21 heavy (non-hydrogen) atoms. The predicted octanol–water partition coefficient (Wildman–Crippen LogP) is 2.97. The minimum Gasteiger partial charge on any atom is -0.496 e. The molecule has 0 spiro atoms. The minimum atomic E-state index is 0.466. The lowest BCUT2D eigenvalue weighted by atomic mass is 10.1. The third-order valence-electron chi connectivity index (χ3n) is 3.33. The van der Waals surface area contributed by atoms with Gasteiger partial charge in [0.1, 0.15) is 22.6 Å². The average molecular weight is 284 g/mol. The zero-order valence-corrected chi connectivity index (χ0v) is 11.9. The Balaban J connectivity index is 2.20. The molecule has 0 radical (unpaired) electrons. The van der Waals surface area contributed by atoms with E-state index in [0.717, 1.165) is 11.1 Å². The summed E-state index contributed by atoms with van der Waals surface area (Å²) in [5.41, 5.74) is 8.83. The van der Waals surface area contributed by atoms with Crippen molar-refractivity contribution in [2.45, 2.75) is 6.54 Å². The Hall–Kier alpha value is -2.53. The molecule has 5 nitrogen and oxygen atoms in total. The number of fused-ring (bicyclic) bond motifs is 1. The van der Waals surface area contributed by atoms with Crippen molar-refractivity contribution in [3.8, 4) is 23.0 Å². The molecule has 5 heteroatoms. The minimum absolute atomic E-state index is 0.466. The van der Waals surface area contributed by atoms with Crippen molar-refractivity contribution in [3.05, 3.63) is 42.0 Å².